The van der Waals surface area contributed by atoms with Gasteiger partial charge in [-0.15, -0.1) is 0 Å². The summed E-state index contributed by atoms with van der Waals surface area (Å²) >= 11 is 0. The molecule has 1 aromatic heterocycles. The van der Waals surface area contributed by atoms with E-state index in [0.717, 1.165) is 0 Å². The van der Waals surface area contributed by atoms with Gasteiger partial charge in [0.1, 0.15) is 5.75 Å². The number of hydrogen-bond donors (Lipinski definition) is 1. The van der Waals surface area contributed by atoms with Crippen LogP contribution in [0, 0.1) is 0 Å². The molecule has 0 fully saturated rings. The average Bonchev–Trinajstić information content (AvgIpc) is 3.12. The van der Waals surface area contributed by atoms with E-state index in [1.165, 1.54) is 12.1 Å². The monoisotopic (exact) mass is 430 g/mol. The van der Waals surface area contributed by atoms with E-state index in [0.29, 0.717) is 43.7 Å². The number of rotatable bonds is 11. The first-order valence-corrected chi connectivity index (χ1v) is 9.79. The van der Waals surface area contributed by atoms with Gasteiger partial charge >= 0.3 is 12.1 Å². The van der Waals surface area contributed by atoms with E-state index >= 15 is 0 Å². The normalized spacial score (nSPS) is 11.6. The molecule has 7 nitrogen and oxygen atoms in total. The molecule has 0 unspecified atom stereocenters. The number of aliphatic carboxylic acids is 1. The lowest BCUT2D eigenvalue weighted by molar-refractivity contribution is -0.141. The van der Waals surface area contributed by atoms with Gasteiger partial charge in [-0.1, -0.05) is 18.5 Å². The minimum absolute atomic E-state index is 0.0611. The maximum Gasteiger partial charge on any atom is 0.437 e. The second kappa shape index (κ2) is 10.3. The number of hydrogen-bond acceptors (Lipinski definition) is 5. The Labute approximate surface area is 171 Å². The lowest BCUT2D eigenvalue weighted by Crippen LogP contribution is -2.32. The molecule has 0 radical (unpaired) electrons. The summed E-state index contributed by atoms with van der Waals surface area (Å²) in [5.74, 6) is -0.841. The molecule has 10 heteroatoms. The smallest absolute Gasteiger partial charge is 0.437 e. The van der Waals surface area contributed by atoms with Crippen molar-refractivity contribution in [2.24, 2.45) is 0 Å². The summed E-state index contributed by atoms with van der Waals surface area (Å²) in [5, 5.41) is 11.8. The van der Waals surface area contributed by atoms with Crippen molar-refractivity contribution in [2.75, 3.05) is 19.7 Å². The van der Waals surface area contributed by atoms with Crippen molar-refractivity contribution in [3.63, 3.8) is 0 Å². The van der Waals surface area contributed by atoms with Gasteiger partial charge in [-0.2, -0.15) is 13.2 Å². The molecule has 1 amide bonds. The molecule has 2 rings (SSSR count). The number of aromatic nitrogens is 1. The highest BCUT2D eigenvalue weighted by atomic mass is 19.4. The molecular weight excluding hydrogens is 405 g/mol. The third-order valence-corrected chi connectivity index (χ3v) is 4.59. The number of nitrogens with zero attached hydrogens (tertiary/aromatic N) is 2. The van der Waals surface area contributed by atoms with Crippen molar-refractivity contribution in [3.8, 4) is 5.75 Å². The Balaban J connectivity index is 2.04. The quantitative estimate of drug-likeness (QED) is 0.535. The minimum Gasteiger partial charge on any atom is -0.493 e. The zero-order chi connectivity index (χ0) is 22.3. The molecule has 0 bridgehead atoms. The molecule has 1 heterocycles. The highest BCUT2D eigenvalue weighted by Crippen LogP contribution is 2.38. The van der Waals surface area contributed by atoms with Crippen molar-refractivity contribution in [3.05, 3.63) is 23.4 Å². The van der Waals surface area contributed by atoms with Crippen LogP contribution in [-0.2, 0) is 22.2 Å². The molecule has 0 aliphatic heterocycles. The standard InChI is InChI=1S/C20H25F3N2O5/c1-3-6-13-15(8-7-14-18(13)30-24-19(14)20(21,22)23)29-12-5-11-25(4-2)16(26)9-10-17(27)28/h7-8H,3-6,9-12H2,1-2H3,(H,27,28). The second-order valence-electron chi connectivity index (χ2n) is 6.77. The highest BCUT2D eigenvalue weighted by molar-refractivity contribution is 5.85. The van der Waals surface area contributed by atoms with Crippen LogP contribution in [0.25, 0.3) is 11.0 Å². The van der Waals surface area contributed by atoms with Crippen LogP contribution in [0.1, 0.15) is 50.8 Å². The Hall–Kier alpha value is -2.78. The zero-order valence-corrected chi connectivity index (χ0v) is 16.9. The number of carbonyl (C=O) groups excluding carboxylic acids is 1. The van der Waals surface area contributed by atoms with Crippen LogP contribution in [0.15, 0.2) is 16.7 Å². The highest BCUT2D eigenvalue weighted by Gasteiger charge is 2.37. The number of carboxylic acid groups (broad SMARTS) is 1. The van der Waals surface area contributed by atoms with Gasteiger partial charge in [0.15, 0.2) is 11.3 Å². The van der Waals surface area contributed by atoms with Crippen molar-refractivity contribution in [1.82, 2.24) is 10.1 Å². The Kier molecular flexibility index (Phi) is 8.08. The van der Waals surface area contributed by atoms with Crippen molar-refractivity contribution >= 4 is 22.8 Å². The van der Waals surface area contributed by atoms with Gasteiger partial charge in [0.2, 0.25) is 5.91 Å². The largest absolute Gasteiger partial charge is 0.493 e. The molecule has 0 saturated carbocycles. The summed E-state index contributed by atoms with van der Waals surface area (Å²) < 4.78 is 50.0. The number of carbonyl (C=O) groups is 2. The van der Waals surface area contributed by atoms with Crippen molar-refractivity contribution in [2.45, 2.75) is 52.1 Å². The van der Waals surface area contributed by atoms with E-state index in [4.69, 9.17) is 14.4 Å². The lowest BCUT2D eigenvalue weighted by atomic mass is 10.0. The number of halogens is 3. The fourth-order valence-corrected chi connectivity index (χ4v) is 3.14. The molecule has 0 spiro atoms. The van der Waals surface area contributed by atoms with Crippen LogP contribution in [0.5, 0.6) is 5.75 Å². The predicted molar refractivity (Wildman–Crippen MR) is 102 cm³/mol. The fourth-order valence-electron chi connectivity index (χ4n) is 3.14. The number of ether oxygens (including phenoxy) is 1. The van der Waals surface area contributed by atoms with Crippen molar-refractivity contribution in [1.29, 1.82) is 0 Å². The van der Waals surface area contributed by atoms with Crippen LogP contribution in [0.2, 0.25) is 0 Å². The number of alkyl halides is 3. The van der Waals surface area contributed by atoms with E-state index < -0.39 is 17.8 Å². The zero-order valence-electron chi connectivity index (χ0n) is 16.9. The molecule has 30 heavy (non-hydrogen) atoms. The van der Waals surface area contributed by atoms with Crippen LogP contribution >= 0.6 is 0 Å². The maximum atomic E-state index is 13.1. The summed E-state index contributed by atoms with van der Waals surface area (Å²) in [6.45, 7) is 4.77. The SMILES string of the molecule is CCCc1c(OCCCN(CC)C(=O)CCC(=O)O)ccc2c(C(F)(F)F)noc12. The topological polar surface area (TPSA) is 92.9 Å². The molecule has 1 N–H and O–H groups in total. The summed E-state index contributed by atoms with van der Waals surface area (Å²) in [5.41, 5.74) is -0.455. The van der Waals surface area contributed by atoms with Gasteiger partial charge in [0, 0.05) is 25.1 Å². The van der Waals surface area contributed by atoms with Gasteiger partial charge in [-0.05, 0) is 31.9 Å². The Morgan fingerprint density at radius 1 is 1.23 bits per heavy atom. The Morgan fingerprint density at radius 2 is 1.97 bits per heavy atom. The van der Waals surface area contributed by atoms with Crippen LogP contribution in [0.4, 0.5) is 13.2 Å². The van der Waals surface area contributed by atoms with Gasteiger partial charge < -0.3 is 19.3 Å². The lowest BCUT2D eigenvalue weighted by Gasteiger charge is -2.21. The van der Waals surface area contributed by atoms with Crippen molar-refractivity contribution < 1.29 is 37.1 Å². The van der Waals surface area contributed by atoms with Gasteiger partial charge in [0.05, 0.1) is 18.4 Å². The Bertz CT molecular complexity index is 879. The third-order valence-electron chi connectivity index (χ3n) is 4.59. The number of aryl methyl sites for hydroxylation is 1. The number of carboxylic acids is 1. The van der Waals surface area contributed by atoms with Gasteiger partial charge in [0.25, 0.3) is 0 Å². The summed E-state index contributed by atoms with van der Waals surface area (Å²) in [4.78, 5) is 24.2. The van der Waals surface area contributed by atoms with Crippen LogP contribution < -0.4 is 4.74 Å². The van der Waals surface area contributed by atoms with E-state index in [1.807, 2.05) is 6.92 Å². The third kappa shape index (κ3) is 5.87. The van der Waals surface area contributed by atoms with E-state index in [1.54, 1.807) is 11.8 Å². The Morgan fingerprint density at radius 3 is 2.57 bits per heavy atom. The van der Waals surface area contributed by atoms with E-state index in [9.17, 15) is 22.8 Å². The number of fused-ring (bicyclic) bond motifs is 1. The number of amides is 1. The van der Waals surface area contributed by atoms with Crippen LogP contribution in [-0.4, -0.2) is 46.7 Å². The average molecular weight is 430 g/mol. The fraction of sp³-hybridized carbons (Fsp3) is 0.550. The predicted octanol–water partition coefficient (Wildman–Crippen LogP) is 4.28. The first kappa shape index (κ1) is 23.5. The number of benzene rings is 1. The molecule has 1 aromatic carbocycles. The molecule has 0 aliphatic carbocycles. The summed E-state index contributed by atoms with van der Waals surface area (Å²) in [7, 11) is 0. The first-order chi connectivity index (χ1) is 14.2. The van der Waals surface area contributed by atoms with Crippen LogP contribution in [0.3, 0.4) is 0 Å². The second-order valence-corrected chi connectivity index (χ2v) is 6.77. The minimum atomic E-state index is -4.60. The summed E-state index contributed by atoms with van der Waals surface area (Å²) in [6, 6.07) is 2.77. The molecule has 0 atom stereocenters. The molecule has 0 aliphatic rings. The van der Waals surface area contributed by atoms with E-state index in [-0.39, 0.29) is 36.3 Å². The van der Waals surface area contributed by atoms with Gasteiger partial charge in [-0.3, -0.25) is 9.59 Å². The molecular formula is C20H25F3N2O5. The molecule has 0 saturated heterocycles. The maximum absolute atomic E-state index is 13.1. The summed E-state index contributed by atoms with van der Waals surface area (Å²) in [6.07, 6.45) is -3.25. The van der Waals surface area contributed by atoms with Gasteiger partial charge in [-0.25, -0.2) is 0 Å². The molecule has 166 valence electrons. The first-order valence-electron chi connectivity index (χ1n) is 9.79. The molecule has 2 aromatic rings. The van der Waals surface area contributed by atoms with E-state index in [2.05, 4.69) is 5.16 Å².